The van der Waals surface area contributed by atoms with Crippen molar-refractivity contribution in [2.75, 3.05) is 15.1 Å². The van der Waals surface area contributed by atoms with Crippen LogP contribution in [0.2, 0.25) is 5.02 Å². The van der Waals surface area contributed by atoms with Gasteiger partial charge >= 0.3 is 0 Å². The third-order valence-corrected chi connectivity index (χ3v) is 7.34. The summed E-state index contributed by atoms with van der Waals surface area (Å²) in [5.74, 6) is -2.42. The summed E-state index contributed by atoms with van der Waals surface area (Å²) >= 11 is 6.00. The van der Waals surface area contributed by atoms with Gasteiger partial charge in [-0.3, -0.25) is 14.4 Å². The van der Waals surface area contributed by atoms with E-state index in [1.807, 2.05) is 60.4 Å². The Morgan fingerprint density at radius 3 is 2.31 bits per heavy atom. The molecule has 7 heteroatoms. The van der Waals surface area contributed by atoms with E-state index in [0.717, 1.165) is 16.8 Å². The van der Waals surface area contributed by atoms with E-state index in [9.17, 15) is 14.4 Å². The van der Waals surface area contributed by atoms with Gasteiger partial charge in [0.2, 0.25) is 17.7 Å². The average Bonchev–Trinajstić information content (AvgIpc) is 3.34. The van der Waals surface area contributed by atoms with Gasteiger partial charge in [0, 0.05) is 16.4 Å². The number of amides is 3. The summed E-state index contributed by atoms with van der Waals surface area (Å²) in [5, 5.41) is 3.50. The molecule has 1 N–H and O–H groups in total. The van der Waals surface area contributed by atoms with Crippen molar-refractivity contribution in [3.05, 3.63) is 95.0 Å². The Morgan fingerprint density at radius 2 is 1.57 bits per heavy atom. The van der Waals surface area contributed by atoms with Crippen LogP contribution in [0.25, 0.3) is 6.08 Å². The summed E-state index contributed by atoms with van der Waals surface area (Å²) in [7, 11) is 0. The SMILES string of the molecule is Cc1ccc(N2C(=O)C3C(C2=O)C(C(=O)Nc2ccc(Cl)cc2)N2c4ccccc4C=CC32)cc1. The van der Waals surface area contributed by atoms with Crippen LogP contribution in [0.3, 0.4) is 0 Å². The first-order valence-corrected chi connectivity index (χ1v) is 11.9. The van der Waals surface area contributed by atoms with Crippen LogP contribution in [0.15, 0.2) is 78.9 Å². The van der Waals surface area contributed by atoms with Crippen molar-refractivity contribution >= 4 is 52.5 Å². The van der Waals surface area contributed by atoms with E-state index in [-0.39, 0.29) is 17.7 Å². The second kappa shape index (κ2) is 8.10. The van der Waals surface area contributed by atoms with Crippen LogP contribution in [0.5, 0.6) is 0 Å². The minimum atomic E-state index is -0.848. The number of carbonyl (C=O) groups is 3. The van der Waals surface area contributed by atoms with Crippen LogP contribution in [0.4, 0.5) is 17.1 Å². The molecule has 0 aromatic heterocycles. The molecule has 0 bridgehead atoms. The first-order chi connectivity index (χ1) is 16.9. The smallest absolute Gasteiger partial charge is 0.247 e. The molecule has 6 rings (SSSR count). The number of rotatable bonds is 3. The van der Waals surface area contributed by atoms with Gasteiger partial charge in [0.05, 0.1) is 23.6 Å². The van der Waals surface area contributed by atoms with Crippen molar-refractivity contribution in [1.82, 2.24) is 0 Å². The third kappa shape index (κ3) is 3.36. The van der Waals surface area contributed by atoms with Crippen LogP contribution in [0.1, 0.15) is 11.1 Å². The van der Waals surface area contributed by atoms with Crippen molar-refractivity contribution in [2.45, 2.75) is 19.0 Å². The van der Waals surface area contributed by atoms with E-state index in [1.54, 1.807) is 36.4 Å². The van der Waals surface area contributed by atoms with Crippen molar-refractivity contribution in [3.8, 4) is 0 Å². The van der Waals surface area contributed by atoms with Crippen molar-refractivity contribution in [2.24, 2.45) is 11.8 Å². The molecule has 3 aliphatic heterocycles. The van der Waals surface area contributed by atoms with Crippen molar-refractivity contribution in [1.29, 1.82) is 0 Å². The highest BCUT2D eigenvalue weighted by Crippen LogP contribution is 2.49. The summed E-state index contributed by atoms with van der Waals surface area (Å²) in [4.78, 5) is 44.5. The highest BCUT2D eigenvalue weighted by molar-refractivity contribution is 6.30. The van der Waals surface area contributed by atoms with E-state index >= 15 is 0 Å². The molecule has 0 aliphatic carbocycles. The topological polar surface area (TPSA) is 69.7 Å². The van der Waals surface area contributed by atoms with E-state index in [4.69, 9.17) is 11.6 Å². The number of nitrogens with zero attached hydrogens (tertiary/aromatic N) is 2. The lowest BCUT2D eigenvalue weighted by Gasteiger charge is -2.36. The van der Waals surface area contributed by atoms with E-state index in [2.05, 4.69) is 5.32 Å². The lowest BCUT2D eigenvalue weighted by molar-refractivity contribution is -0.126. The molecule has 3 heterocycles. The summed E-state index contributed by atoms with van der Waals surface area (Å²) in [6.45, 7) is 1.95. The molecular weight excluding hydrogens is 462 g/mol. The third-order valence-electron chi connectivity index (χ3n) is 7.09. The number of imide groups is 1. The molecule has 35 heavy (non-hydrogen) atoms. The van der Waals surface area contributed by atoms with Crippen LogP contribution >= 0.6 is 11.6 Å². The largest absolute Gasteiger partial charge is 0.351 e. The zero-order valence-electron chi connectivity index (χ0n) is 18.9. The Labute approximate surface area is 207 Å². The molecule has 4 atom stereocenters. The second-order valence-electron chi connectivity index (χ2n) is 9.16. The number of anilines is 3. The molecule has 2 fully saturated rings. The zero-order valence-corrected chi connectivity index (χ0v) is 19.6. The molecular formula is C28H22ClN3O3. The van der Waals surface area contributed by atoms with Gasteiger partial charge in [-0.2, -0.15) is 0 Å². The summed E-state index contributed by atoms with van der Waals surface area (Å²) in [6.07, 6.45) is 3.92. The average molecular weight is 484 g/mol. The van der Waals surface area contributed by atoms with Crippen molar-refractivity contribution in [3.63, 3.8) is 0 Å². The minimum absolute atomic E-state index is 0.273. The van der Waals surface area contributed by atoms with Crippen LogP contribution in [0, 0.1) is 18.8 Å². The monoisotopic (exact) mass is 483 g/mol. The Hall–Kier alpha value is -3.90. The number of hydrogen-bond donors (Lipinski definition) is 1. The van der Waals surface area contributed by atoms with Crippen LogP contribution < -0.4 is 15.1 Å². The highest BCUT2D eigenvalue weighted by atomic mass is 35.5. The van der Waals surface area contributed by atoms with Gasteiger partial charge < -0.3 is 10.2 Å². The van der Waals surface area contributed by atoms with Gasteiger partial charge in [-0.15, -0.1) is 0 Å². The van der Waals surface area contributed by atoms with Crippen LogP contribution in [-0.4, -0.2) is 29.8 Å². The lowest BCUT2D eigenvalue weighted by Crippen LogP contribution is -2.50. The maximum absolute atomic E-state index is 13.8. The highest BCUT2D eigenvalue weighted by Gasteiger charge is 2.64. The summed E-state index contributed by atoms with van der Waals surface area (Å²) in [5.41, 5.74) is 3.93. The Morgan fingerprint density at radius 1 is 0.886 bits per heavy atom. The molecule has 174 valence electrons. The lowest BCUT2D eigenvalue weighted by atomic mass is 9.88. The standard InChI is InChI=1S/C28H22ClN3O3/c1-16-6-13-20(14-7-16)31-27(34)23-22-15-8-17-4-2-3-5-21(17)32(22)25(24(23)28(31)35)26(33)30-19-11-9-18(29)10-12-19/h2-15,22-25H,1H3,(H,30,33). The molecule has 0 radical (unpaired) electrons. The number of aryl methyl sites for hydroxylation is 1. The fourth-order valence-corrected chi connectivity index (χ4v) is 5.64. The van der Waals surface area contributed by atoms with Gasteiger partial charge in [0.1, 0.15) is 6.04 Å². The predicted molar refractivity (Wildman–Crippen MR) is 136 cm³/mol. The summed E-state index contributed by atoms with van der Waals surface area (Å²) < 4.78 is 0. The number of carbonyl (C=O) groups excluding carboxylic acids is 3. The predicted octanol–water partition coefficient (Wildman–Crippen LogP) is 4.68. The van der Waals surface area contributed by atoms with Gasteiger partial charge in [0.15, 0.2) is 0 Å². The number of para-hydroxylation sites is 1. The molecule has 3 aliphatic rings. The Balaban J connectivity index is 1.43. The molecule has 6 nitrogen and oxygen atoms in total. The normalized spacial score (nSPS) is 24.3. The molecule has 4 unspecified atom stereocenters. The fraction of sp³-hybridized carbons (Fsp3) is 0.179. The molecule has 2 saturated heterocycles. The van der Waals surface area contributed by atoms with Gasteiger partial charge in [-0.25, -0.2) is 4.90 Å². The van der Waals surface area contributed by atoms with E-state index in [1.165, 1.54) is 4.90 Å². The summed E-state index contributed by atoms with van der Waals surface area (Å²) in [6, 6.07) is 20.6. The first kappa shape index (κ1) is 21.6. The molecule has 3 aromatic carbocycles. The maximum atomic E-state index is 13.8. The molecule has 3 amide bonds. The van der Waals surface area contributed by atoms with Crippen LogP contribution in [-0.2, 0) is 14.4 Å². The van der Waals surface area contributed by atoms with Crippen molar-refractivity contribution < 1.29 is 14.4 Å². The fourth-order valence-electron chi connectivity index (χ4n) is 5.51. The molecule has 0 saturated carbocycles. The molecule has 3 aromatic rings. The number of benzene rings is 3. The molecule has 0 spiro atoms. The number of nitrogens with one attached hydrogen (secondary N) is 1. The minimum Gasteiger partial charge on any atom is -0.351 e. The van der Waals surface area contributed by atoms with Gasteiger partial charge in [-0.05, 0) is 55.0 Å². The number of halogens is 1. The zero-order chi connectivity index (χ0) is 24.3. The number of hydrogen-bond acceptors (Lipinski definition) is 4. The maximum Gasteiger partial charge on any atom is 0.247 e. The van der Waals surface area contributed by atoms with E-state index < -0.39 is 23.9 Å². The first-order valence-electron chi connectivity index (χ1n) is 11.5. The second-order valence-corrected chi connectivity index (χ2v) is 9.59. The Kier molecular flexibility index (Phi) is 5.00. The Bertz CT molecular complexity index is 1380. The van der Waals surface area contributed by atoms with Gasteiger partial charge in [0.25, 0.3) is 0 Å². The number of fused-ring (bicyclic) bond motifs is 5. The quantitative estimate of drug-likeness (QED) is 0.549. The van der Waals surface area contributed by atoms with Gasteiger partial charge in [-0.1, -0.05) is 59.6 Å². The van der Waals surface area contributed by atoms with E-state index in [0.29, 0.717) is 16.4 Å².